The van der Waals surface area contributed by atoms with E-state index in [-0.39, 0.29) is 17.7 Å². The van der Waals surface area contributed by atoms with Gasteiger partial charge in [0.2, 0.25) is 0 Å². The van der Waals surface area contributed by atoms with Gasteiger partial charge in [-0.25, -0.2) is 0 Å². The summed E-state index contributed by atoms with van der Waals surface area (Å²) in [6.07, 6.45) is 6.82. The minimum absolute atomic E-state index is 0.0816. The van der Waals surface area contributed by atoms with Crippen molar-refractivity contribution in [2.24, 2.45) is 5.92 Å². The van der Waals surface area contributed by atoms with E-state index in [1.165, 1.54) is 5.56 Å². The van der Waals surface area contributed by atoms with Crippen LogP contribution in [-0.2, 0) is 9.47 Å². The predicted molar refractivity (Wildman–Crippen MR) is 116 cm³/mol. The molecular weight excluding hydrogens is 430 g/mol. The number of allylic oxidation sites excluding steroid dienone is 2. The third kappa shape index (κ3) is 2.99. The fourth-order valence-corrected chi connectivity index (χ4v) is 5.25. The van der Waals surface area contributed by atoms with Crippen molar-refractivity contribution in [3.63, 3.8) is 0 Å². The molecule has 5 rings (SSSR count). The first-order valence-electron chi connectivity index (χ1n) is 9.85. The van der Waals surface area contributed by atoms with Crippen LogP contribution in [0, 0.1) is 5.92 Å². The molecule has 4 atom stereocenters. The summed E-state index contributed by atoms with van der Waals surface area (Å²) < 4.78 is 13.2. The molecule has 0 fully saturated rings. The van der Waals surface area contributed by atoms with Gasteiger partial charge in [-0.2, -0.15) is 0 Å². The highest BCUT2D eigenvalue weighted by Crippen LogP contribution is 2.50. The Labute approximate surface area is 178 Å². The molecule has 0 radical (unpaired) electrons. The zero-order valence-corrected chi connectivity index (χ0v) is 17.9. The maximum Gasteiger partial charge on any atom is 0.267 e. The van der Waals surface area contributed by atoms with Gasteiger partial charge in [0.25, 0.3) is 6.29 Å². The SMILES string of the molecule is CC(=O)c1ccc2c(c1)C1C=CCC1C(C1=COC(c3ccccc3Br)O1)N2C. The number of nitrogens with zero attached hydrogens (tertiary/aromatic N) is 1. The maximum absolute atomic E-state index is 11.9. The van der Waals surface area contributed by atoms with Crippen LogP contribution >= 0.6 is 15.9 Å². The normalized spacial score (nSPS) is 27.0. The van der Waals surface area contributed by atoms with Gasteiger partial charge in [0.1, 0.15) is 6.26 Å². The number of halogens is 1. The molecule has 2 heterocycles. The number of Topliss-reactive ketones (excluding diaryl/α,β-unsaturated/α-hetero) is 1. The third-order valence-electron chi connectivity index (χ3n) is 6.21. The Balaban J connectivity index is 1.48. The van der Waals surface area contributed by atoms with Gasteiger partial charge in [0.15, 0.2) is 11.5 Å². The molecule has 4 nitrogen and oxygen atoms in total. The Hall–Kier alpha value is -2.53. The minimum Gasteiger partial charge on any atom is -0.455 e. The number of carbonyl (C=O) groups is 1. The number of hydrogen-bond acceptors (Lipinski definition) is 4. The fraction of sp³-hybridized carbons (Fsp3) is 0.292. The van der Waals surface area contributed by atoms with Crippen LogP contribution in [0.15, 0.2) is 71.1 Å². The summed E-state index contributed by atoms with van der Waals surface area (Å²) in [7, 11) is 2.10. The number of hydrogen-bond donors (Lipinski definition) is 0. The summed E-state index contributed by atoms with van der Waals surface area (Å²) in [6, 6.07) is 14.1. The Morgan fingerprint density at radius 3 is 2.79 bits per heavy atom. The fourth-order valence-electron chi connectivity index (χ4n) is 4.78. The first-order valence-corrected chi connectivity index (χ1v) is 10.6. The minimum atomic E-state index is -0.441. The van der Waals surface area contributed by atoms with E-state index in [9.17, 15) is 4.79 Å². The Morgan fingerprint density at radius 1 is 1.17 bits per heavy atom. The van der Waals surface area contributed by atoms with Crippen molar-refractivity contribution in [2.75, 3.05) is 11.9 Å². The zero-order chi connectivity index (χ0) is 20.1. The largest absolute Gasteiger partial charge is 0.455 e. The van der Waals surface area contributed by atoms with E-state index in [0.29, 0.717) is 5.92 Å². The van der Waals surface area contributed by atoms with Crippen LogP contribution < -0.4 is 4.90 Å². The molecule has 0 saturated carbocycles. The first-order chi connectivity index (χ1) is 14.0. The summed E-state index contributed by atoms with van der Waals surface area (Å²) in [5, 5.41) is 0. The maximum atomic E-state index is 11.9. The van der Waals surface area contributed by atoms with Crippen LogP contribution in [0.4, 0.5) is 5.69 Å². The van der Waals surface area contributed by atoms with E-state index in [2.05, 4.69) is 52.2 Å². The molecular formula is C24H22BrNO3. The molecule has 0 N–H and O–H groups in total. The summed E-state index contributed by atoms with van der Waals surface area (Å²) in [6.45, 7) is 1.62. The van der Waals surface area contributed by atoms with E-state index in [1.807, 2.05) is 30.3 Å². The molecule has 2 aliphatic heterocycles. The van der Waals surface area contributed by atoms with Gasteiger partial charge in [-0.1, -0.05) is 46.3 Å². The number of benzene rings is 2. The lowest BCUT2D eigenvalue weighted by molar-refractivity contribution is -0.0394. The van der Waals surface area contributed by atoms with E-state index in [0.717, 1.165) is 33.5 Å². The molecule has 2 aromatic rings. The summed E-state index contributed by atoms with van der Waals surface area (Å²) in [5.74, 6) is 1.58. The highest BCUT2D eigenvalue weighted by Gasteiger charge is 2.45. The van der Waals surface area contributed by atoms with Crippen molar-refractivity contribution >= 4 is 27.4 Å². The van der Waals surface area contributed by atoms with Crippen molar-refractivity contribution in [1.82, 2.24) is 0 Å². The van der Waals surface area contributed by atoms with Crippen LogP contribution in [0.5, 0.6) is 0 Å². The van der Waals surface area contributed by atoms with Gasteiger partial charge in [-0.15, -0.1) is 0 Å². The van der Waals surface area contributed by atoms with E-state index in [4.69, 9.17) is 9.47 Å². The molecule has 148 valence electrons. The Bertz CT molecular complexity index is 1040. The number of likely N-dealkylation sites (N-methyl/N-ethyl adjacent to an activating group) is 1. The Kier molecular flexibility index (Phi) is 4.50. The van der Waals surface area contributed by atoms with E-state index < -0.39 is 6.29 Å². The summed E-state index contributed by atoms with van der Waals surface area (Å²) in [5.41, 5.74) is 4.10. The molecule has 0 aromatic heterocycles. The number of carbonyl (C=O) groups excluding carboxylic acids is 1. The second kappa shape index (κ2) is 7.06. The topological polar surface area (TPSA) is 38.8 Å². The lowest BCUT2D eigenvalue weighted by Crippen LogP contribution is -2.45. The standard InChI is InChI=1S/C24H22BrNO3/c1-14(27)15-10-11-21-19(12-15)16-7-5-8-17(16)23(26(21)2)22-13-28-24(29-22)18-6-3-4-9-20(18)25/h3-7,9-13,16-17,23-24H,8H2,1-2H3. The van der Waals surface area contributed by atoms with Gasteiger partial charge in [-0.3, -0.25) is 4.79 Å². The highest BCUT2D eigenvalue weighted by molar-refractivity contribution is 9.10. The van der Waals surface area contributed by atoms with Crippen LogP contribution in [0.1, 0.15) is 47.0 Å². The van der Waals surface area contributed by atoms with Crippen molar-refractivity contribution in [1.29, 1.82) is 0 Å². The molecule has 0 spiro atoms. The number of fused-ring (bicyclic) bond motifs is 3. The zero-order valence-electron chi connectivity index (χ0n) is 16.3. The van der Waals surface area contributed by atoms with E-state index >= 15 is 0 Å². The molecule has 4 unspecified atom stereocenters. The predicted octanol–water partition coefficient (Wildman–Crippen LogP) is 5.72. The Morgan fingerprint density at radius 2 is 2.00 bits per heavy atom. The van der Waals surface area contributed by atoms with Gasteiger partial charge < -0.3 is 14.4 Å². The average molecular weight is 452 g/mol. The molecule has 5 heteroatoms. The second-order valence-corrected chi connectivity index (χ2v) is 8.72. The lowest BCUT2D eigenvalue weighted by Gasteiger charge is -2.43. The monoisotopic (exact) mass is 451 g/mol. The van der Waals surface area contributed by atoms with Crippen LogP contribution in [0.25, 0.3) is 0 Å². The second-order valence-electron chi connectivity index (χ2n) is 7.87. The molecule has 0 bridgehead atoms. The van der Waals surface area contributed by atoms with Gasteiger partial charge in [0, 0.05) is 40.2 Å². The average Bonchev–Trinajstić information content (AvgIpc) is 3.38. The third-order valence-corrected chi connectivity index (χ3v) is 6.93. The molecule has 0 saturated heterocycles. The first kappa shape index (κ1) is 18.5. The number of anilines is 1. The molecule has 3 aliphatic rings. The van der Waals surface area contributed by atoms with Crippen LogP contribution in [-0.4, -0.2) is 18.9 Å². The van der Waals surface area contributed by atoms with Crippen LogP contribution in [0.3, 0.4) is 0 Å². The summed E-state index contributed by atoms with van der Waals surface area (Å²) in [4.78, 5) is 14.2. The molecule has 0 amide bonds. The molecule has 2 aromatic carbocycles. The quantitative estimate of drug-likeness (QED) is 0.441. The summed E-state index contributed by atoms with van der Waals surface area (Å²) >= 11 is 3.59. The highest BCUT2D eigenvalue weighted by atomic mass is 79.9. The molecule has 29 heavy (non-hydrogen) atoms. The van der Waals surface area contributed by atoms with Gasteiger partial charge in [0.05, 0.1) is 6.04 Å². The number of ether oxygens (including phenoxy) is 2. The number of rotatable bonds is 3. The van der Waals surface area contributed by atoms with E-state index in [1.54, 1.807) is 13.2 Å². The smallest absolute Gasteiger partial charge is 0.267 e. The number of ketones is 1. The van der Waals surface area contributed by atoms with Crippen LogP contribution in [0.2, 0.25) is 0 Å². The van der Waals surface area contributed by atoms with Crippen molar-refractivity contribution in [2.45, 2.75) is 31.6 Å². The van der Waals surface area contributed by atoms with Crippen molar-refractivity contribution in [3.05, 3.63) is 87.8 Å². The van der Waals surface area contributed by atoms with Gasteiger partial charge in [-0.05, 0) is 43.2 Å². The lowest BCUT2D eigenvalue weighted by atomic mass is 9.77. The molecule has 1 aliphatic carbocycles. The van der Waals surface area contributed by atoms with Crippen molar-refractivity contribution < 1.29 is 14.3 Å². The van der Waals surface area contributed by atoms with Crippen molar-refractivity contribution in [3.8, 4) is 0 Å². The van der Waals surface area contributed by atoms with Gasteiger partial charge >= 0.3 is 0 Å².